The molecule has 0 spiro atoms. The molecule has 0 atom stereocenters. The number of benzene rings is 2. The number of methoxy groups -OCH3 is 1. The second-order valence-corrected chi connectivity index (χ2v) is 5.60. The van der Waals surface area contributed by atoms with Gasteiger partial charge in [0.1, 0.15) is 6.61 Å². The Kier molecular flexibility index (Phi) is 5.57. The predicted octanol–water partition coefficient (Wildman–Crippen LogP) is 4.44. The van der Waals surface area contributed by atoms with E-state index in [1.54, 1.807) is 25.1 Å². The van der Waals surface area contributed by atoms with E-state index in [1.165, 1.54) is 18.2 Å². The molecule has 0 saturated heterocycles. The van der Waals surface area contributed by atoms with E-state index in [0.717, 1.165) is 12.7 Å². The first-order chi connectivity index (χ1) is 10.9. The van der Waals surface area contributed by atoms with Crippen LogP contribution in [0.5, 0.6) is 5.75 Å². The normalized spacial score (nSPS) is 10.3. The molecule has 0 aliphatic carbocycles. The van der Waals surface area contributed by atoms with Crippen LogP contribution in [0.4, 0.5) is 14.9 Å². The Hall–Kier alpha value is -2.12. The summed E-state index contributed by atoms with van der Waals surface area (Å²) in [5.74, 6) is -0.396. The molecule has 7 heteroatoms. The number of aryl methyl sites for hydroxylation is 1. The van der Waals surface area contributed by atoms with Gasteiger partial charge in [0.25, 0.3) is 0 Å². The molecule has 1 N–H and O–H groups in total. The van der Waals surface area contributed by atoms with Crippen molar-refractivity contribution in [2.24, 2.45) is 0 Å². The van der Waals surface area contributed by atoms with Crippen LogP contribution in [0, 0.1) is 12.7 Å². The molecule has 0 unspecified atom stereocenters. The van der Waals surface area contributed by atoms with Crippen LogP contribution in [-0.4, -0.2) is 18.4 Å². The number of hydrogen-bond acceptors (Lipinski definition) is 4. The topological polar surface area (TPSA) is 59.0 Å². The molecule has 5 nitrogen and oxygen atoms in total. The molecule has 0 heterocycles. The average molecular weight is 384 g/mol. The predicted molar refractivity (Wildman–Crippen MR) is 86.3 cm³/mol. The van der Waals surface area contributed by atoms with E-state index in [-0.39, 0.29) is 18.0 Å². The smallest absolute Gasteiger partial charge is 0.438 e. The van der Waals surface area contributed by atoms with E-state index in [1.807, 2.05) is 0 Å². The number of nitrogens with zero attached hydrogens (tertiary/aromatic N) is 1. The minimum atomic E-state index is -0.939. The lowest BCUT2D eigenvalue weighted by Gasteiger charge is -2.18. The number of carbonyl (C=O) groups excluding carboxylic acids is 1. The molecule has 2 rings (SSSR count). The second kappa shape index (κ2) is 7.43. The van der Waals surface area contributed by atoms with Crippen molar-refractivity contribution in [3.05, 3.63) is 57.8 Å². The second-order valence-electron chi connectivity index (χ2n) is 4.74. The van der Waals surface area contributed by atoms with Gasteiger partial charge in [0.2, 0.25) is 0 Å². The SMILES string of the molecule is COC(=O)N(O)c1cccc(Br)c1COc1ccc(C)cc1F. The fourth-order valence-electron chi connectivity index (χ4n) is 1.95. The Bertz CT molecular complexity index is 723. The standard InChI is InChI=1S/C16H15BrFNO4/c1-10-6-7-15(13(18)8-10)23-9-11-12(17)4-3-5-14(11)19(21)16(20)22-2/h3-8,21H,9H2,1-2H3. The zero-order chi connectivity index (χ0) is 17.0. The van der Waals surface area contributed by atoms with Crippen LogP contribution in [0.3, 0.4) is 0 Å². The van der Waals surface area contributed by atoms with Gasteiger partial charge in [0.15, 0.2) is 11.6 Å². The zero-order valence-corrected chi connectivity index (χ0v) is 14.1. The molecular formula is C16H15BrFNO4. The maximum absolute atomic E-state index is 13.8. The van der Waals surface area contributed by atoms with Crippen LogP contribution in [0.2, 0.25) is 0 Å². The summed E-state index contributed by atoms with van der Waals surface area (Å²) in [6.07, 6.45) is -0.939. The number of hydrogen-bond donors (Lipinski definition) is 1. The first-order valence-corrected chi connectivity index (χ1v) is 7.46. The molecule has 0 radical (unpaired) electrons. The molecule has 0 saturated carbocycles. The largest absolute Gasteiger partial charge is 0.486 e. The molecule has 2 aromatic rings. The Labute approximate surface area is 141 Å². The van der Waals surface area contributed by atoms with Gasteiger partial charge in [-0.15, -0.1) is 0 Å². The fraction of sp³-hybridized carbons (Fsp3) is 0.188. The summed E-state index contributed by atoms with van der Waals surface area (Å²) in [6.45, 7) is 1.73. The summed E-state index contributed by atoms with van der Waals surface area (Å²) in [6, 6.07) is 9.50. The lowest BCUT2D eigenvalue weighted by atomic mass is 10.2. The molecule has 0 aliphatic rings. The van der Waals surface area contributed by atoms with Gasteiger partial charge in [-0.25, -0.2) is 9.18 Å². The minimum absolute atomic E-state index is 0.0508. The number of anilines is 1. The molecule has 0 bridgehead atoms. The minimum Gasteiger partial charge on any atom is -0.486 e. The maximum atomic E-state index is 13.8. The van der Waals surface area contributed by atoms with Gasteiger partial charge in [-0.3, -0.25) is 5.21 Å². The molecular weight excluding hydrogens is 369 g/mol. The van der Waals surface area contributed by atoms with Gasteiger partial charge >= 0.3 is 6.09 Å². The summed E-state index contributed by atoms with van der Waals surface area (Å²) >= 11 is 3.33. The molecule has 2 aromatic carbocycles. The van der Waals surface area contributed by atoms with Crippen molar-refractivity contribution < 1.29 is 23.9 Å². The highest BCUT2D eigenvalue weighted by Gasteiger charge is 2.19. The third-order valence-corrected chi connectivity index (χ3v) is 3.87. The molecule has 23 heavy (non-hydrogen) atoms. The van der Waals surface area contributed by atoms with Crippen LogP contribution < -0.4 is 9.80 Å². The van der Waals surface area contributed by atoms with Gasteiger partial charge in [0.05, 0.1) is 12.8 Å². The summed E-state index contributed by atoms with van der Waals surface area (Å²) in [7, 11) is 1.15. The summed E-state index contributed by atoms with van der Waals surface area (Å²) in [4.78, 5) is 11.5. The van der Waals surface area contributed by atoms with Gasteiger partial charge in [-0.1, -0.05) is 28.1 Å². The summed E-state index contributed by atoms with van der Waals surface area (Å²) in [5, 5.41) is 10.3. The molecule has 1 amide bonds. The first-order valence-electron chi connectivity index (χ1n) is 6.67. The third kappa shape index (κ3) is 4.00. The van der Waals surface area contributed by atoms with Crippen molar-refractivity contribution >= 4 is 27.7 Å². The maximum Gasteiger partial charge on any atom is 0.438 e. The van der Waals surface area contributed by atoms with E-state index in [9.17, 15) is 14.4 Å². The van der Waals surface area contributed by atoms with Crippen LogP contribution in [0.1, 0.15) is 11.1 Å². The monoisotopic (exact) mass is 383 g/mol. The van der Waals surface area contributed by atoms with E-state index in [4.69, 9.17) is 4.74 Å². The van der Waals surface area contributed by atoms with Crippen molar-refractivity contribution in [2.45, 2.75) is 13.5 Å². The number of rotatable bonds is 4. The van der Waals surface area contributed by atoms with Crippen LogP contribution in [0.15, 0.2) is 40.9 Å². The van der Waals surface area contributed by atoms with Gasteiger partial charge in [-0.05, 0) is 36.8 Å². The highest BCUT2D eigenvalue weighted by molar-refractivity contribution is 9.10. The Morgan fingerprint density at radius 2 is 2.09 bits per heavy atom. The Morgan fingerprint density at radius 3 is 2.74 bits per heavy atom. The highest BCUT2D eigenvalue weighted by Crippen LogP contribution is 2.29. The highest BCUT2D eigenvalue weighted by atomic mass is 79.9. The van der Waals surface area contributed by atoms with Crippen LogP contribution in [-0.2, 0) is 11.3 Å². The van der Waals surface area contributed by atoms with Crippen LogP contribution in [0.25, 0.3) is 0 Å². The Morgan fingerprint density at radius 1 is 1.35 bits per heavy atom. The fourth-order valence-corrected chi connectivity index (χ4v) is 2.42. The van der Waals surface area contributed by atoms with E-state index in [2.05, 4.69) is 20.7 Å². The van der Waals surface area contributed by atoms with Gasteiger partial charge in [0, 0.05) is 10.0 Å². The van der Waals surface area contributed by atoms with Gasteiger partial charge < -0.3 is 9.47 Å². The number of amides is 1. The van der Waals surface area contributed by atoms with E-state index in [0.29, 0.717) is 15.1 Å². The van der Waals surface area contributed by atoms with Crippen molar-refractivity contribution in [2.75, 3.05) is 12.2 Å². The quantitative estimate of drug-likeness (QED) is 0.626. The van der Waals surface area contributed by atoms with E-state index >= 15 is 0 Å². The molecule has 0 aromatic heterocycles. The average Bonchev–Trinajstić information content (AvgIpc) is 2.53. The lowest BCUT2D eigenvalue weighted by molar-refractivity contribution is 0.140. The lowest BCUT2D eigenvalue weighted by Crippen LogP contribution is -2.28. The third-order valence-electron chi connectivity index (χ3n) is 3.13. The van der Waals surface area contributed by atoms with Crippen molar-refractivity contribution in [1.29, 1.82) is 0 Å². The van der Waals surface area contributed by atoms with E-state index < -0.39 is 11.9 Å². The Balaban J connectivity index is 2.27. The zero-order valence-electron chi connectivity index (χ0n) is 12.5. The first kappa shape index (κ1) is 17.2. The molecule has 0 fully saturated rings. The van der Waals surface area contributed by atoms with Crippen molar-refractivity contribution in [3.63, 3.8) is 0 Å². The number of carbonyl (C=O) groups is 1. The van der Waals surface area contributed by atoms with Crippen molar-refractivity contribution in [1.82, 2.24) is 0 Å². The number of halogens is 2. The molecule has 0 aliphatic heterocycles. The van der Waals surface area contributed by atoms with Gasteiger partial charge in [-0.2, -0.15) is 5.06 Å². The molecule has 122 valence electrons. The summed E-state index contributed by atoms with van der Waals surface area (Å²) in [5.41, 5.74) is 1.43. The number of hydroxylamine groups is 1. The summed E-state index contributed by atoms with van der Waals surface area (Å²) < 4.78 is 24.4. The van der Waals surface area contributed by atoms with Crippen molar-refractivity contribution in [3.8, 4) is 5.75 Å². The van der Waals surface area contributed by atoms with Crippen LogP contribution >= 0.6 is 15.9 Å². The number of ether oxygens (including phenoxy) is 2.